The summed E-state index contributed by atoms with van der Waals surface area (Å²) in [6, 6.07) is 14.4. The van der Waals surface area contributed by atoms with Crippen LogP contribution >= 0.6 is 15.9 Å². The van der Waals surface area contributed by atoms with Crippen LogP contribution in [0.25, 0.3) is 0 Å². The largest absolute Gasteiger partial charge is 0.488 e. The molecule has 0 amide bonds. The van der Waals surface area contributed by atoms with Gasteiger partial charge in [0, 0.05) is 6.07 Å². The molecule has 11 heteroatoms. The topological polar surface area (TPSA) is 120 Å². The van der Waals surface area contributed by atoms with Crippen LogP contribution in [0.3, 0.4) is 0 Å². The molecule has 0 unspecified atom stereocenters. The Balaban J connectivity index is 1.67. The van der Waals surface area contributed by atoms with Gasteiger partial charge in [-0.3, -0.25) is 25.7 Å². The summed E-state index contributed by atoms with van der Waals surface area (Å²) >= 11 is 3.39. The van der Waals surface area contributed by atoms with Crippen LogP contribution in [-0.4, -0.2) is 16.1 Å². The Hall–Kier alpha value is -3.86. The molecule has 3 aromatic carbocycles. The van der Waals surface area contributed by atoms with Crippen molar-refractivity contribution in [3.8, 4) is 5.75 Å². The highest BCUT2D eigenvalue weighted by Gasteiger charge is 2.19. The van der Waals surface area contributed by atoms with Crippen molar-refractivity contribution in [2.45, 2.75) is 6.61 Å². The minimum Gasteiger partial charge on any atom is -0.488 e. The molecule has 0 fully saturated rings. The van der Waals surface area contributed by atoms with Crippen molar-refractivity contribution in [3.05, 3.63) is 102 Å². The van der Waals surface area contributed by atoms with E-state index in [-0.39, 0.29) is 23.8 Å². The van der Waals surface area contributed by atoms with E-state index in [1.807, 2.05) is 0 Å². The third-order valence-electron chi connectivity index (χ3n) is 4.03. The van der Waals surface area contributed by atoms with Crippen LogP contribution < -0.4 is 10.2 Å². The quantitative estimate of drug-likeness (QED) is 0.256. The first kappa shape index (κ1) is 21.8. The second-order valence-electron chi connectivity index (χ2n) is 6.19. The minimum absolute atomic E-state index is 0.0148. The van der Waals surface area contributed by atoms with Crippen molar-refractivity contribution >= 4 is 39.2 Å². The lowest BCUT2D eigenvalue weighted by atomic mass is 10.2. The second-order valence-corrected chi connectivity index (χ2v) is 7.05. The summed E-state index contributed by atoms with van der Waals surface area (Å²) in [5.41, 5.74) is 3.02. The van der Waals surface area contributed by atoms with Crippen molar-refractivity contribution < 1.29 is 19.0 Å². The molecule has 0 aliphatic heterocycles. The third-order valence-corrected chi connectivity index (χ3v) is 4.65. The van der Waals surface area contributed by atoms with E-state index in [0.29, 0.717) is 21.3 Å². The molecule has 0 atom stereocenters. The number of anilines is 1. The molecular weight excluding hydrogens is 475 g/mol. The predicted octanol–water partition coefficient (Wildman–Crippen LogP) is 5.43. The minimum atomic E-state index is -0.730. The van der Waals surface area contributed by atoms with E-state index >= 15 is 0 Å². The van der Waals surface area contributed by atoms with Gasteiger partial charge < -0.3 is 4.74 Å². The number of ether oxygens (including phenoxy) is 1. The average molecular weight is 489 g/mol. The molecule has 9 nitrogen and oxygen atoms in total. The predicted molar refractivity (Wildman–Crippen MR) is 116 cm³/mol. The molecule has 158 valence electrons. The van der Waals surface area contributed by atoms with Crippen LogP contribution in [0.15, 0.2) is 70.2 Å². The Kier molecular flexibility index (Phi) is 6.88. The first-order valence-electron chi connectivity index (χ1n) is 8.72. The summed E-state index contributed by atoms with van der Waals surface area (Å²) in [7, 11) is 0. The number of nitrogens with zero attached hydrogens (tertiary/aromatic N) is 3. The Labute approximate surface area is 183 Å². The Morgan fingerprint density at radius 1 is 1.06 bits per heavy atom. The van der Waals surface area contributed by atoms with Gasteiger partial charge in [-0.15, -0.1) is 0 Å². The van der Waals surface area contributed by atoms with Crippen LogP contribution in [0.1, 0.15) is 11.1 Å². The molecule has 1 N–H and O–H groups in total. The molecule has 0 saturated heterocycles. The molecule has 0 spiro atoms. The van der Waals surface area contributed by atoms with Crippen LogP contribution in [0, 0.1) is 26.0 Å². The molecule has 0 heterocycles. The maximum Gasteiger partial charge on any atom is 0.301 e. The fourth-order valence-electron chi connectivity index (χ4n) is 2.56. The number of hydrogen-bond acceptors (Lipinski definition) is 7. The van der Waals surface area contributed by atoms with Crippen LogP contribution in [0.5, 0.6) is 5.75 Å². The molecule has 31 heavy (non-hydrogen) atoms. The molecule has 0 bridgehead atoms. The third kappa shape index (κ3) is 5.82. The van der Waals surface area contributed by atoms with E-state index in [2.05, 4.69) is 26.5 Å². The van der Waals surface area contributed by atoms with Gasteiger partial charge in [0.05, 0.1) is 26.6 Å². The average Bonchev–Trinajstić information content (AvgIpc) is 2.73. The normalized spacial score (nSPS) is 10.8. The Morgan fingerprint density at radius 2 is 1.87 bits per heavy atom. The van der Waals surface area contributed by atoms with Gasteiger partial charge in [-0.2, -0.15) is 5.10 Å². The number of nitrogens with one attached hydrogen (secondary N) is 1. The van der Waals surface area contributed by atoms with Crippen molar-refractivity contribution in [2.75, 3.05) is 5.43 Å². The number of rotatable bonds is 8. The summed E-state index contributed by atoms with van der Waals surface area (Å²) in [5.74, 6) is 0.202. The van der Waals surface area contributed by atoms with Gasteiger partial charge in [-0.25, -0.2) is 4.39 Å². The highest BCUT2D eigenvalue weighted by atomic mass is 79.9. The van der Waals surface area contributed by atoms with Crippen LogP contribution in [0.4, 0.5) is 21.5 Å². The van der Waals surface area contributed by atoms with Gasteiger partial charge in [0.25, 0.3) is 5.69 Å². The highest BCUT2D eigenvalue weighted by molar-refractivity contribution is 9.10. The smallest absolute Gasteiger partial charge is 0.301 e. The summed E-state index contributed by atoms with van der Waals surface area (Å²) in [6.07, 6.45) is 1.42. The van der Waals surface area contributed by atoms with E-state index in [0.717, 1.165) is 12.1 Å². The zero-order valence-corrected chi connectivity index (χ0v) is 17.3. The standard InChI is InChI=1S/C20H14BrFN4O5/c21-17-9-13(4-7-20(17)31-12-14-2-1-3-15(22)8-14)11-23-24-18-6-5-16(25(27)28)10-19(18)26(29)30/h1-11,24H,12H2/b23-11+. The molecular formula is C20H14BrFN4O5. The molecule has 0 aliphatic rings. The van der Waals surface area contributed by atoms with Gasteiger partial charge in [0.1, 0.15) is 23.9 Å². The monoisotopic (exact) mass is 488 g/mol. The molecule has 0 aliphatic carbocycles. The number of benzene rings is 3. The van der Waals surface area contributed by atoms with Crippen LogP contribution in [-0.2, 0) is 6.61 Å². The lowest BCUT2D eigenvalue weighted by Gasteiger charge is -2.09. The molecule has 0 aromatic heterocycles. The van der Waals surface area contributed by atoms with Crippen molar-refractivity contribution in [1.29, 1.82) is 0 Å². The second kappa shape index (κ2) is 9.76. The van der Waals surface area contributed by atoms with Gasteiger partial charge in [0.2, 0.25) is 0 Å². The van der Waals surface area contributed by atoms with Crippen molar-refractivity contribution in [2.24, 2.45) is 5.10 Å². The summed E-state index contributed by atoms with van der Waals surface area (Å²) in [5, 5.41) is 25.9. The maximum absolute atomic E-state index is 13.2. The van der Waals surface area contributed by atoms with Gasteiger partial charge >= 0.3 is 5.69 Å². The molecule has 0 saturated carbocycles. The zero-order valence-electron chi connectivity index (χ0n) is 15.7. The molecule has 3 aromatic rings. The fourth-order valence-corrected chi connectivity index (χ4v) is 3.07. The number of halogens is 2. The first-order chi connectivity index (χ1) is 14.8. The van der Waals surface area contributed by atoms with Gasteiger partial charge in [-0.1, -0.05) is 12.1 Å². The van der Waals surface area contributed by atoms with E-state index in [4.69, 9.17) is 4.74 Å². The van der Waals surface area contributed by atoms with E-state index in [1.165, 1.54) is 24.4 Å². The number of nitro groups is 2. The first-order valence-corrected chi connectivity index (χ1v) is 9.51. The number of hydrazone groups is 1. The van der Waals surface area contributed by atoms with E-state index in [1.54, 1.807) is 30.3 Å². The molecule has 0 radical (unpaired) electrons. The van der Waals surface area contributed by atoms with E-state index < -0.39 is 15.5 Å². The SMILES string of the molecule is O=[N+]([O-])c1ccc(N/N=C/c2ccc(OCc3cccc(F)c3)c(Br)c2)c([N+](=O)[O-])c1. The van der Waals surface area contributed by atoms with Crippen LogP contribution in [0.2, 0.25) is 0 Å². The lowest BCUT2D eigenvalue weighted by Crippen LogP contribution is -1.99. The highest BCUT2D eigenvalue weighted by Crippen LogP contribution is 2.29. The summed E-state index contributed by atoms with van der Waals surface area (Å²) in [6.45, 7) is 0.190. The lowest BCUT2D eigenvalue weighted by molar-refractivity contribution is -0.393. The number of hydrogen-bond donors (Lipinski definition) is 1. The van der Waals surface area contributed by atoms with E-state index in [9.17, 15) is 24.6 Å². The number of non-ortho nitro benzene ring substituents is 1. The summed E-state index contributed by atoms with van der Waals surface area (Å²) < 4.78 is 19.5. The summed E-state index contributed by atoms with van der Waals surface area (Å²) in [4.78, 5) is 20.5. The van der Waals surface area contributed by atoms with Gasteiger partial charge in [0.15, 0.2) is 0 Å². The fraction of sp³-hybridized carbons (Fsp3) is 0.0500. The zero-order chi connectivity index (χ0) is 22.4. The van der Waals surface area contributed by atoms with Gasteiger partial charge in [-0.05, 0) is 63.5 Å². The maximum atomic E-state index is 13.2. The van der Waals surface area contributed by atoms with Crippen molar-refractivity contribution in [3.63, 3.8) is 0 Å². The Bertz CT molecular complexity index is 1170. The number of nitro benzene ring substituents is 2. The molecule has 3 rings (SSSR count). The van der Waals surface area contributed by atoms with Crippen molar-refractivity contribution in [1.82, 2.24) is 0 Å². The Morgan fingerprint density at radius 3 is 2.55 bits per heavy atom.